The van der Waals surface area contributed by atoms with Crippen LogP contribution < -0.4 is 4.74 Å². The molecular formula is C13H10ClIOS. The van der Waals surface area contributed by atoms with Gasteiger partial charge in [0.2, 0.25) is 0 Å². The van der Waals surface area contributed by atoms with Crippen molar-refractivity contribution in [2.24, 2.45) is 0 Å². The molecular weight excluding hydrogens is 367 g/mol. The third-order valence-corrected chi connectivity index (χ3v) is 4.27. The Kier molecular flexibility index (Phi) is 4.59. The number of benzene rings is 2. The molecule has 0 aliphatic heterocycles. The van der Waals surface area contributed by atoms with Crippen molar-refractivity contribution in [1.82, 2.24) is 0 Å². The monoisotopic (exact) mass is 376 g/mol. The molecule has 88 valence electrons. The number of hydrogen-bond donors (Lipinski definition) is 0. The van der Waals surface area contributed by atoms with Crippen molar-refractivity contribution in [3.63, 3.8) is 0 Å². The Morgan fingerprint density at radius 3 is 2.29 bits per heavy atom. The van der Waals surface area contributed by atoms with E-state index in [0.717, 1.165) is 14.3 Å². The van der Waals surface area contributed by atoms with E-state index in [2.05, 4.69) is 34.7 Å². The summed E-state index contributed by atoms with van der Waals surface area (Å²) in [6.45, 7) is 0. The fourth-order valence-electron chi connectivity index (χ4n) is 1.35. The van der Waals surface area contributed by atoms with Gasteiger partial charge in [-0.25, -0.2) is 0 Å². The number of halogens is 2. The Morgan fingerprint density at radius 1 is 1.06 bits per heavy atom. The van der Waals surface area contributed by atoms with Gasteiger partial charge in [-0.2, -0.15) is 0 Å². The van der Waals surface area contributed by atoms with E-state index in [1.807, 2.05) is 30.3 Å². The smallest absolute Gasteiger partial charge is 0.132 e. The Hall–Kier alpha value is -0.390. The standard InChI is InChI=1S/C13H10ClIOS/c1-16-13-7-6-11(8-12(13)15)17-10-4-2-9(14)3-5-10/h2-8H,1H3. The maximum absolute atomic E-state index is 5.85. The Balaban J connectivity index is 2.19. The van der Waals surface area contributed by atoms with Gasteiger partial charge in [0.1, 0.15) is 5.75 Å². The van der Waals surface area contributed by atoms with E-state index >= 15 is 0 Å². The molecule has 2 aromatic rings. The number of hydrogen-bond acceptors (Lipinski definition) is 2. The molecule has 0 saturated heterocycles. The molecule has 2 rings (SSSR count). The van der Waals surface area contributed by atoms with Crippen molar-refractivity contribution in [3.8, 4) is 5.75 Å². The highest BCUT2D eigenvalue weighted by atomic mass is 127. The second-order valence-corrected chi connectivity index (χ2v) is 6.10. The van der Waals surface area contributed by atoms with Crippen LogP contribution in [0, 0.1) is 3.57 Å². The van der Waals surface area contributed by atoms with Crippen LogP contribution in [0.15, 0.2) is 52.3 Å². The van der Waals surface area contributed by atoms with Crippen molar-refractivity contribution in [2.45, 2.75) is 9.79 Å². The minimum Gasteiger partial charge on any atom is -0.496 e. The van der Waals surface area contributed by atoms with Crippen LogP contribution in [0.5, 0.6) is 5.75 Å². The van der Waals surface area contributed by atoms with Gasteiger partial charge >= 0.3 is 0 Å². The molecule has 0 N–H and O–H groups in total. The van der Waals surface area contributed by atoms with Crippen molar-refractivity contribution in [3.05, 3.63) is 51.1 Å². The van der Waals surface area contributed by atoms with Crippen LogP contribution in [0.25, 0.3) is 0 Å². The molecule has 0 radical (unpaired) electrons. The molecule has 17 heavy (non-hydrogen) atoms. The number of rotatable bonds is 3. The lowest BCUT2D eigenvalue weighted by Crippen LogP contribution is -1.86. The molecule has 1 nitrogen and oxygen atoms in total. The Morgan fingerprint density at radius 2 is 1.71 bits per heavy atom. The fraction of sp³-hybridized carbons (Fsp3) is 0.0769. The Labute approximate surface area is 124 Å². The third-order valence-electron chi connectivity index (χ3n) is 2.17. The summed E-state index contributed by atoms with van der Waals surface area (Å²) in [5.41, 5.74) is 0. The summed E-state index contributed by atoms with van der Waals surface area (Å²) in [7, 11) is 1.68. The molecule has 0 heterocycles. The van der Waals surface area contributed by atoms with Crippen LogP contribution in [-0.2, 0) is 0 Å². The van der Waals surface area contributed by atoms with Crippen LogP contribution in [0.2, 0.25) is 5.02 Å². The number of methoxy groups -OCH3 is 1. The van der Waals surface area contributed by atoms with Gasteiger partial charge in [0, 0.05) is 14.8 Å². The van der Waals surface area contributed by atoms with Gasteiger partial charge in [-0.05, 0) is 65.1 Å². The highest BCUT2D eigenvalue weighted by Crippen LogP contribution is 2.32. The van der Waals surface area contributed by atoms with Gasteiger partial charge in [0.05, 0.1) is 10.7 Å². The van der Waals surface area contributed by atoms with Gasteiger partial charge < -0.3 is 4.74 Å². The summed E-state index contributed by atoms with van der Waals surface area (Å²) in [6.07, 6.45) is 0. The van der Waals surface area contributed by atoms with E-state index < -0.39 is 0 Å². The molecule has 0 amide bonds. The van der Waals surface area contributed by atoms with Crippen LogP contribution in [0.4, 0.5) is 0 Å². The van der Waals surface area contributed by atoms with E-state index in [1.54, 1.807) is 18.9 Å². The molecule has 2 aromatic carbocycles. The Bertz CT molecular complexity index is 513. The second-order valence-electron chi connectivity index (χ2n) is 3.35. The maximum Gasteiger partial charge on any atom is 0.132 e. The van der Waals surface area contributed by atoms with E-state index in [0.29, 0.717) is 0 Å². The lowest BCUT2D eigenvalue weighted by molar-refractivity contribution is 0.411. The predicted octanol–water partition coefficient (Wildman–Crippen LogP) is 5.10. The minimum atomic E-state index is 0.763. The topological polar surface area (TPSA) is 9.23 Å². The highest BCUT2D eigenvalue weighted by molar-refractivity contribution is 14.1. The average Bonchev–Trinajstić information content (AvgIpc) is 2.32. The SMILES string of the molecule is COc1ccc(Sc2ccc(Cl)cc2)cc1I. The van der Waals surface area contributed by atoms with E-state index in [-0.39, 0.29) is 0 Å². The zero-order valence-corrected chi connectivity index (χ0v) is 12.8. The molecule has 0 spiro atoms. The van der Waals surface area contributed by atoms with Gasteiger partial charge in [-0.3, -0.25) is 0 Å². The first-order valence-corrected chi connectivity index (χ1v) is 7.23. The summed E-state index contributed by atoms with van der Waals surface area (Å²) in [5, 5.41) is 0.763. The molecule has 0 aliphatic rings. The van der Waals surface area contributed by atoms with E-state index in [4.69, 9.17) is 16.3 Å². The summed E-state index contributed by atoms with van der Waals surface area (Å²) in [4.78, 5) is 2.37. The zero-order chi connectivity index (χ0) is 12.3. The highest BCUT2D eigenvalue weighted by Gasteiger charge is 2.03. The van der Waals surface area contributed by atoms with Crippen LogP contribution in [0.1, 0.15) is 0 Å². The van der Waals surface area contributed by atoms with Crippen molar-refractivity contribution in [2.75, 3.05) is 7.11 Å². The molecule has 0 fully saturated rings. The second kappa shape index (κ2) is 5.98. The molecule has 4 heteroatoms. The predicted molar refractivity (Wildman–Crippen MR) is 81.3 cm³/mol. The van der Waals surface area contributed by atoms with Gasteiger partial charge in [0.25, 0.3) is 0 Å². The van der Waals surface area contributed by atoms with Gasteiger partial charge in [-0.1, -0.05) is 23.4 Å². The first kappa shape index (κ1) is 13.1. The van der Waals surface area contributed by atoms with Crippen LogP contribution in [-0.4, -0.2) is 7.11 Å². The van der Waals surface area contributed by atoms with Crippen molar-refractivity contribution in [1.29, 1.82) is 0 Å². The van der Waals surface area contributed by atoms with Crippen LogP contribution >= 0.6 is 46.0 Å². The van der Waals surface area contributed by atoms with Gasteiger partial charge in [0.15, 0.2) is 0 Å². The van der Waals surface area contributed by atoms with E-state index in [1.165, 1.54) is 9.79 Å². The lowest BCUT2D eigenvalue weighted by Gasteiger charge is -2.06. The number of ether oxygens (including phenoxy) is 1. The summed E-state index contributed by atoms with van der Waals surface area (Å²) in [6, 6.07) is 14.0. The van der Waals surface area contributed by atoms with E-state index in [9.17, 15) is 0 Å². The quantitative estimate of drug-likeness (QED) is 0.689. The third kappa shape index (κ3) is 3.53. The van der Waals surface area contributed by atoms with Crippen LogP contribution in [0.3, 0.4) is 0 Å². The average molecular weight is 377 g/mol. The molecule has 0 saturated carbocycles. The first-order chi connectivity index (χ1) is 8.19. The molecule has 0 aromatic heterocycles. The van der Waals surface area contributed by atoms with Crippen molar-refractivity contribution >= 4 is 46.0 Å². The summed E-state index contributed by atoms with van der Waals surface area (Å²) >= 11 is 9.84. The maximum atomic E-state index is 5.85. The normalized spacial score (nSPS) is 10.3. The lowest BCUT2D eigenvalue weighted by atomic mass is 10.3. The molecule has 0 aliphatic carbocycles. The first-order valence-electron chi connectivity index (χ1n) is 4.96. The summed E-state index contributed by atoms with van der Waals surface area (Å²) < 4.78 is 6.35. The fourth-order valence-corrected chi connectivity index (χ4v) is 3.28. The molecule has 0 atom stereocenters. The zero-order valence-electron chi connectivity index (χ0n) is 9.11. The summed E-state index contributed by atoms with van der Waals surface area (Å²) in [5.74, 6) is 0.908. The van der Waals surface area contributed by atoms with Crippen molar-refractivity contribution < 1.29 is 4.74 Å². The minimum absolute atomic E-state index is 0.763. The largest absolute Gasteiger partial charge is 0.496 e. The van der Waals surface area contributed by atoms with Gasteiger partial charge in [-0.15, -0.1) is 0 Å². The molecule has 0 unspecified atom stereocenters. The molecule has 0 bridgehead atoms.